The maximum absolute atomic E-state index is 12.9. The molecule has 0 radical (unpaired) electrons. The Morgan fingerprint density at radius 3 is 2.34 bits per heavy atom. The summed E-state index contributed by atoms with van der Waals surface area (Å²) in [5, 5.41) is 12.3. The number of aliphatic hydroxyl groups excluding tert-OH is 1. The van der Waals surface area contributed by atoms with Crippen LogP contribution in [0.1, 0.15) is 68.9 Å². The van der Waals surface area contributed by atoms with Gasteiger partial charge in [-0.3, -0.25) is 9.59 Å². The van der Waals surface area contributed by atoms with Crippen molar-refractivity contribution in [2.45, 2.75) is 76.5 Å². The van der Waals surface area contributed by atoms with Crippen LogP contribution in [0.5, 0.6) is 0 Å². The van der Waals surface area contributed by atoms with Crippen molar-refractivity contribution in [2.24, 2.45) is 5.92 Å². The second-order valence-electron chi connectivity index (χ2n) is 8.30. The highest BCUT2D eigenvalue weighted by atomic mass is 16.5. The standard InChI is InChI=1S/C24H33NO4/c26-17-21(27)15-14-18-10-12-19(13-11-18)16-25-23(20-6-2-1-3-7-20)24(28)29-22-8-4-5-9-22/h10-15,20,22-23,25-26H,1-9,16-17H2/b15-14+/t23-/m0/s1. The van der Waals surface area contributed by atoms with Crippen LogP contribution in [0.3, 0.4) is 0 Å². The third kappa shape index (κ3) is 6.79. The summed E-state index contributed by atoms with van der Waals surface area (Å²) in [7, 11) is 0. The average Bonchev–Trinajstić information content (AvgIpc) is 3.26. The summed E-state index contributed by atoms with van der Waals surface area (Å²) in [5.74, 6) is -0.0398. The lowest BCUT2D eigenvalue weighted by Gasteiger charge is -2.30. The van der Waals surface area contributed by atoms with Crippen molar-refractivity contribution >= 4 is 17.8 Å². The van der Waals surface area contributed by atoms with E-state index in [4.69, 9.17) is 9.84 Å². The lowest BCUT2D eigenvalue weighted by molar-refractivity contribution is -0.153. The van der Waals surface area contributed by atoms with Crippen LogP contribution in [0, 0.1) is 5.92 Å². The van der Waals surface area contributed by atoms with Crippen LogP contribution in [0.2, 0.25) is 0 Å². The molecule has 2 aliphatic rings. The van der Waals surface area contributed by atoms with E-state index >= 15 is 0 Å². The van der Waals surface area contributed by atoms with Crippen molar-refractivity contribution in [2.75, 3.05) is 6.61 Å². The summed E-state index contributed by atoms with van der Waals surface area (Å²) in [6.45, 7) is 0.137. The van der Waals surface area contributed by atoms with E-state index in [1.165, 1.54) is 25.3 Å². The molecule has 1 aromatic rings. The highest BCUT2D eigenvalue weighted by molar-refractivity contribution is 5.94. The fourth-order valence-corrected chi connectivity index (χ4v) is 4.37. The molecule has 0 heterocycles. The number of nitrogens with one attached hydrogen (secondary N) is 1. The smallest absolute Gasteiger partial charge is 0.323 e. The van der Waals surface area contributed by atoms with E-state index in [0.29, 0.717) is 12.5 Å². The van der Waals surface area contributed by atoms with Crippen molar-refractivity contribution in [3.63, 3.8) is 0 Å². The summed E-state index contributed by atoms with van der Waals surface area (Å²) in [4.78, 5) is 24.1. The van der Waals surface area contributed by atoms with Crippen LogP contribution < -0.4 is 5.32 Å². The van der Waals surface area contributed by atoms with E-state index < -0.39 is 6.61 Å². The van der Waals surface area contributed by atoms with Gasteiger partial charge in [-0.25, -0.2) is 0 Å². The zero-order valence-corrected chi connectivity index (χ0v) is 17.1. The third-order valence-corrected chi connectivity index (χ3v) is 6.08. The molecule has 0 spiro atoms. The van der Waals surface area contributed by atoms with Gasteiger partial charge in [0, 0.05) is 6.54 Å². The van der Waals surface area contributed by atoms with Gasteiger partial charge in [-0.1, -0.05) is 49.6 Å². The van der Waals surface area contributed by atoms with Gasteiger partial charge in [-0.05, 0) is 61.6 Å². The summed E-state index contributed by atoms with van der Waals surface area (Å²) >= 11 is 0. The molecule has 1 aromatic carbocycles. The summed E-state index contributed by atoms with van der Waals surface area (Å²) in [6, 6.07) is 7.62. The third-order valence-electron chi connectivity index (χ3n) is 6.08. The number of carbonyl (C=O) groups excluding carboxylic acids is 2. The lowest BCUT2D eigenvalue weighted by Crippen LogP contribution is -2.45. The van der Waals surface area contributed by atoms with Crippen LogP contribution in [0.4, 0.5) is 0 Å². The SMILES string of the molecule is O=C(/C=C/c1ccc(CN[C@H](C(=O)OC2CCCC2)C2CCCCC2)cc1)CO. The molecule has 29 heavy (non-hydrogen) atoms. The molecule has 158 valence electrons. The first kappa shape index (κ1) is 21.7. The van der Waals surface area contributed by atoms with Crippen molar-refractivity contribution in [1.82, 2.24) is 5.32 Å². The Kier molecular flexibility index (Phi) is 8.44. The molecule has 2 fully saturated rings. The van der Waals surface area contributed by atoms with Gasteiger partial charge < -0.3 is 15.2 Å². The van der Waals surface area contributed by atoms with Gasteiger partial charge >= 0.3 is 5.97 Å². The minimum absolute atomic E-state index is 0.0779. The number of ketones is 1. The quantitative estimate of drug-likeness (QED) is 0.488. The minimum Gasteiger partial charge on any atom is -0.461 e. The molecule has 1 atom stereocenters. The summed E-state index contributed by atoms with van der Waals surface area (Å²) in [5.41, 5.74) is 1.99. The number of carbonyl (C=O) groups is 2. The van der Waals surface area contributed by atoms with E-state index in [9.17, 15) is 9.59 Å². The number of rotatable bonds is 9. The van der Waals surface area contributed by atoms with Crippen LogP contribution in [-0.4, -0.2) is 35.6 Å². The van der Waals surface area contributed by atoms with E-state index in [2.05, 4.69) is 5.32 Å². The fourth-order valence-electron chi connectivity index (χ4n) is 4.37. The first-order chi connectivity index (χ1) is 14.2. The summed E-state index contributed by atoms with van der Waals surface area (Å²) < 4.78 is 5.84. The Bertz CT molecular complexity index is 685. The fraction of sp³-hybridized carbons (Fsp3) is 0.583. The number of hydrogen-bond acceptors (Lipinski definition) is 5. The molecule has 2 saturated carbocycles. The topological polar surface area (TPSA) is 75.6 Å². The zero-order valence-electron chi connectivity index (χ0n) is 17.1. The molecule has 2 aliphatic carbocycles. The largest absolute Gasteiger partial charge is 0.461 e. The maximum Gasteiger partial charge on any atom is 0.323 e. The number of benzene rings is 1. The van der Waals surface area contributed by atoms with E-state index in [0.717, 1.165) is 49.7 Å². The minimum atomic E-state index is -0.474. The van der Waals surface area contributed by atoms with E-state index in [-0.39, 0.29) is 23.9 Å². The molecule has 0 amide bonds. The molecule has 0 aromatic heterocycles. The molecule has 0 aliphatic heterocycles. The Balaban J connectivity index is 1.58. The van der Waals surface area contributed by atoms with Crippen LogP contribution in [-0.2, 0) is 20.9 Å². The second-order valence-corrected chi connectivity index (χ2v) is 8.30. The van der Waals surface area contributed by atoms with Gasteiger partial charge in [-0.2, -0.15) is 0 Å². The molecule has 2 N–H and O–H groups in total. The monoisotopic (exact) mass is 399 g/mol. The Labute approximate surface area is 173 Å². The molecule has 0 bridgehead atoms. The zero-order chi connectivity index (χ0) is 20.5. The predicted octanol–water partition coefficient (Wildman–Crippen LogP) is 3.79. The molecular formula is C24H33NO4. The van der Waals surface area contributed by atoms with E-state index in [1.807, 2.05) is 24.3 Å². The van der Waals surface area contributed by atoms with Gasteiger partial charge in [0.15, 0.2) is 5.78 Å². The molecule has 3 rings (SSSR count). The molecule has 5 heteroatoms. The van der Waals surface area contributed by atoms with Crippen LogP contribution in [0.15, 0.2) is 30.3 Å². The van der Waals surface area contributed by atoms with Crippen molar-refractivity contribution < 1.29 is 19.4 Å². The number of ether oxygens (including phenoxy) is 1. The Morgan fingerprint density at radius 1 is 1.03 bits per heavy atom. The molecule has 5 nitrogen and oxygen atoms in total. The molecule has 0 saturated heterocycles. The van der Waals surface area contributed by atoms with Gasteiger partial charge in [-0.15, -0.1) is 0 Å². The van der Waals surface area contributed by atoms with Crippen molar-refractivity contribution in [1.29, 1.82) is 0 Å². The van der Waals surface area contributed by atoms with Gasteiger partial charge in [0.1, 0.15) is 18.8 Å². The van der Waals surface area contributed by atoms with Gasteiger partial charge in [0.25, 0.3) is 0 Å². The highest BCUT2D eigenvalue weighted by Crippen LogP contribution is 2.29. The first-order valence-corrected chi connectivity index (χ1v) is 11.0. The van der Waals surface area contributed by atoms with Crippen molar-refractivity contribution in [3.05, 3.63) is 41.5 Å². The Hall–Kier alpha value is -1.98. The van der Waals surface area contributed by atoms with Gasteiger partial charge in [0.2, 0.25) is 0 Å². The van der Waals surface area contributed by atoms with Crippen LogP contribution >= 0.6 is 0 Å². The lowest BCUT2D eigenvalue weighted by atomic mass is 9.83. The number of aliphatic hydroxyl groups is 1. The average molecular weight is 400 g/mol. The first-order valence-electron chi connectivity index (χ1n) is 11.0. The second kappa shape index (κ2) is 11.3. The van der Waals surface area contributed by atoms with E-state index in [1.54, 1.807) is 6.08 Å². The van der Waals surface area contributed by atoms with Crippen LogP contribution in [0.25, 0.3) is 6.08 Å². The summed E-state index contributed by atoms with van der Waals surface area (Å²) in [6.07, 6.45) is 13.3. The molecule has 0 unspecified atom stereocenters. The number of hydrogen-bond donors (Lipinski definition) is 2. The molecular weight excluding hydrogens is 366 g/mol. The maximum atomic E-state index is 12.9. The Morgan fingerprint density at radius 2 is 1.69 bits per heavy atom. The normalized spacial score (nSPS) is 19.5. The number of esters is 1. The van der Waals surface area contributed by atoms with Gasteiger partial charge in [0.05, 0.1) is 0 Å². The highest BCUT2D eigenvalue weighted by Gasteiger charge is 2.32. The predicted molar refractivity (Wildman–Crippen MR) is 113 cm³/mol. The van der Waals surface area contributed by atoms with Crippen molar-refractivity contribution in [3.8, 4) is 0 Å².